The number of ether oxygens (including phenoxy) is 1. The molecular formula is C18H21NO3S2. The van der Waals surface area contributed by atoms with Gasteiger partial charge in [-0.05, 0) is 43.8 Å². The maximum Gasteiger partial charge on any atom is 0.316 e. The SMILES string of the molecule is Cc1ccc(SCC(=O)OCC(=O)N[C@@H](C)c2cccs2)c(C)c1. The fourth-order valence-electron chi connectivity index (χ4n) is 2.18. The van der Waals surface area contributed by atoms with Crippen LogP contribution in [0.2, 0.25) is 0 Å². The van der Waals surface area contributed by atoms with E-state index < -0.39 is 0 Å². The molecular weight excluding hydrogens is 342 g/mol. The second kappa shape index (κ2) is 8.89. The average Bonchev–Trinajstić information content (AvgIpc) is 3.06. The summed E-state index contributed by atoms with van der Waals surface area (Å²) in [4.78, 5) is 25.7. The van der Waals surface area contributed by atoms with E-state index in [1.807, 2.05) is 50.4 Å². The molecule has 0 saturated heterocycles. The zero-order chi connectivity index (χ0) is 17.5. The summed E-state index contributed by atoms with van der Waals surface area (Å²) in [6, 6.07) is 9.90. The molecule has 1 N–H and O–H groups in total. The first kappa shape index (κ1) is 18.5. The highest BCUT2D eigenvalue weighted by Crippen LogP contribution is 2.23. The van der Waals surface area contributed by atoms with Gasteiger partial charge in [-0.1, -0.05) is 23.8 Å². The van der Waals surface area contributed by atoms with E-state index in [2.05, 4.69) is 11.4 Å². The Morgan fingerprint density at radius 3 is 2.75 bits per heavy atom. The summed E-state index contributed by atoms with van der Waals surface area (Å²) in [7, 11) is 0. The zero-order valence-electron chi connectivity index (χ0n) is 14.0. The summed E-state index contributed by atoms with van der Waals surface area (Å²) >= 11 is 3.00. The van der Waals surface area contributed by atoms with Gasteiger partial charge in [0.25, 0.3) is 5.91 Å². The third kappa shape index (κ3) is 5.69. The molecule has 1 aromatic carbocycles. The van der Waals surface area contributed by atoms with E-state index in [-0.39, 0.29) is 30.3 Å². The molecule has 6 heteroatoms. The van der Waals surface area contributed by atoms with Gasteiger partial charge in [-0.15, -0.1) is 23.1 Å². The minimum Gasteiger partial charge on any atom is -0.455 e. The van der Waals surface area contributed by atoms with Crippen LogP contribution in [0.5, 0.6) is 0 Å². The monoisotopic (exact) mass is 363 g/mol. The second-order valence-corrected chi connectivity index (χ2v) is 7.52. The van der Waals surface area contributed by atoms with Gasteiger partial charge in [0.05, 0.1) is 11.8 Å². The molecule has 0 radical (unpaired) electrons. The van der Waals surface area contributed by atoms with Gasteiger partial charge in [0, 0.05) is 9.77 Å². The number of hydrogen-bond donors (Lipinski definition) is 1. The standard InChI is InChI=1S/C18H21NO3S2/c1-12-6-7-15(13(2)9-12)24-11-18(21)22-10-17(20)19-14(3)16-5-4-8-23-16/h4-9,14H,10-11H2,1-3H3,(H,19,20)/t14-/m0/s1. The molecule has 24 heavy (non-hydrogen) atoms. The lowest BCUT2D eigenvalue weighted by Crippen LogP contribution is -2.31. The number of aryl methyl sites for hydroxylation is 2. The normalized spacial score (nSPS) is 11.8. The van der Waals surface area contributed by atoms with Crippen molar-refractivity contribution in [1.82, 2.24) is 5.32 Å². The predicted octanol–water partition coefficient (Wildman–Crippen LogP) is 3.88. The van der Waals surface area contributed by atoms with Crippen molar-refractivity contribution in [1.29, 1.82) is 0 Å². The number of benzene rings is 1. The first-order valence-electron chi connectivity index (χ1n) is 7.64. The lowest BCUT2D eigenvalue weighted by Gasteiger charge is -2.12. The molecule has 1 amide bonds. The van der Waals surface area contributed by atoms with Crippen molar-refractivity contribution in [2.24, 2.45) is 0 Å². The molecule has 0 aliphatic heterocycles. The Balaban J connectivity index is 1.71. The minimum absolute atomic E-state index is 0.0826. The molecule has 0 spiro atoms. The molecule has 0 saturated carbocycles. The van der Waals surface area contributed by atoms with Gasteiger partial charge in [-0.2, -0.15) is 0 Å². The number of hydrogen-bond acceptors (Lipinski definition) is 5. The molecule has 0 fully saturated rings. The van der Waals surface area contributed by atoms with Crippen LogP contribution in [0.4, 0.5) is 0 Å². The molecule has 0 aliphatic carbocycles. The van der Waals surface area contributed by atoms with Crippen LogP contribution in [0.25, 0.3) is 0 Å². The van der Waals surface area contributed by atoms with E-state index >= 15 is 0 Å². The Labute approximate surface area is 150 Å². The number of nitrogens with one attached hydrogen (secondary N) is 1. The topological polar surface area (TPSA) is 55.4 Å². The molecule has 0 bridgehead atoms. The van der Waals surface area contributed by atoms with Gasteiger partial charge in [-0.3, -0.25) is 9.59 Å². The third-order valence-corrected chi connectivity index (χ3v) is 5.59. The highest BCUT2D eigenvalue weighted by Gasteiger charge is 2.13. The summed E-state index contributed by atoms with van der Waals surface area (Å²) in [5, 5.41) is 4.77. The maximum absolute atomic E-state index is 11.8. The van der Waals surface area contributed by atoms with Crippen molar-refractivity contribution >= 4 is 35.0 Å². The Morgan fingerprint density at radius 1 is 1.29 bits per heavy atom. The van der Waals surface area contributed by atoms with E-state index in [0.29, 0.717) is 0 Å². The number of thiophene rings is 1. The molecule has 0 aliphatic rings. The van der Waals surface area contributed by atoms with Crippen LogP contribution in [0.3, 0.4) is 0 Å². The van der Waals surface area contributed by atoms with Crippen molar-refractivity contribution < 1.29 is 14.3 Å². The quantitative estimate of drug-likeness (QED) is 0.599. The summed E-state index contributed by atoms with van der Waals surface area (Å²) in [6.07, 6.45) is 0. The van der Waals surface area contributed by atoms with Gasteiger partial charge in [0.2, 0.25) is 0 Å². The number of carbonyl (C=O) groups is 2. The first-order chi connectivity index (χ1) is 11.5. The largest absolute Gasteiger partial charge is 0.455 e. The summed E-state index contributed by atoms with van der Waals surface area (Å²) < 4.78 is 5.04. The molecule has 2 aromatic rings. The van der Waals surface area contributed by atoms with Crippen molar-refractivity contribution in [3.63, 3.8) is 0 Å². The lowest BCUT2D eigenvalue weighted by molar-refractivity contribution is -0.146. The number of amides is 1. The van der Waals surface area contributed by atoms with Crippen molar-refractivity contribution in [3.8, 4) is 0 Å². The minimum atomic E-state index is -0.390. The molecule has 4 nitrogen and oxygen atoms in total. The molecule has 1 heterocycles. The van der Waals surface area contributed by atoms with E-state index in [1.165, 1.54) is 17.3 Å². The average molecular weight is 364 g/mol. The van der Waals surface area contributed by atoms with Crippen LogP contribution in [0.1, 0.15) is 29.0 Å². The molecule has 1 atom stereocenters. The number of thioether (sulfide) groups is 1. The van der Waals surface area contributed by atoms with Crippen LogP contribution in [0.15, 0.2) is 40.6 Å². The van der Waals surface area contributed by atoms with Gasteiger partial charge in [-0.25, -0.2) is 0 Å². The van der Waals surface area contributed by atoms with Crippen molar-refractivity contribution in [2.45, 2.75) is 31.7 Å². The van der Waals surface area contributed by atoms with Gasteiger partial charge in [0.1, 0.15) is 0 Å². The van der Waals surface area contributed by atoms with E-state index in [9.17, 15) is 9.59 Å². The van der Waals surface area contributed by atoms with Gasteiger partial charge >= 0.3 is 5.97 Å². The molecule has 2 rings (SSSR count). The van der Waals surface area contributed by atoms with Crippen molar-refractivity contribution in [2.75, 3.05) is 12.4 Å². The van der Waals surface area contributed by atoms with Crippen molar-refractivity contribution in [3.05, 3.63) is 51.7 Å². The van der Waals surface area contributed by atoms with E-state index in [4.69, 9.17) is 4.74 Å². The summed E-state index contributed by atoms with van der Waals surface area (Å²) in [5.41, 5.74) is 2.33. The smallest absolute Gasteiger partial charge is 0.316 e. The third-order valence-electron chi connectivity index (χ3n) is 3.39. The summed E-state index contributed by atoms with van der Waals surface area (Å²) in [5.74, 6) is -0.489. The molecule has 0 unspecified atom stereocenters. The van der Waals surface area contributed by atoms with Crippen LogP contribution in [-0.2, 0) is 14.3 Å². The maximum atomic E-state index is 11.8. The van der Waals surface area contributed by atoms with Crippen LogP contribution < -0.4 is 5.32 Å². The second-order valence-electron chi connectivity index (χ2n) is 5.52. The fourth-order valence-corrected chi connectivity index (χ4v) is 3.72. The van der Waals surface area contributed by atoms with E-state index in [1.54, 1.807) is 11.3 Å². The molecule has 1 aromatic heterocycles. The van der Waals surface area contributed by atoms with Crippen LogP contribution in [-0.4, -0.2) is 24.2 Å². The Kier molecular flexibility index (Phi) is 6.87. The Bertz CT molecular complexity index is 698. The number of esters is 1. The van der Waals surface area contributed by atoms with E-state index in [0.717, 1.165) is 15.3 Å². The highest BCUT2D eigenvalue weighted by atomic mass is 32.2. The van der Waals surface area contributed by atoms with Gasteiger partial charge in [0.15, 0.2) is 6.61 Å². The number of carbonyl (C=O) groups excluding carboxylic acids is 2. The fraction of sp³-hybridized carbons (Fsp3) is 0.333. The highest BCUT2D eigenvalue weighted by molar-refractivity contribution is 8.00. The Morgan fingerprint density at radius 2 is 2.08 bits per heavy atom. The number of rotatable bonds is 7. The van der Waals surface area contributed by atoms with Crippen LogP contribution in [0, 0.1) is 13.8 Å². The van der Waals surface area contributed by atoms with Crippen LogP contribution >= 0.6 is 23.1 Å². The lowest BCUT2D eigenvalue weighted by atomic mass is 10.2. The first-order valence-corrected chi connectivity index (χ1v) is 9.50. The zero-order valence-corrected chi connectivity index (χ0v) is 15.6. The molecule has 128 valence electrons. The Hall–Kier alpha value is -1.79. The van der Waals surface area contributed by atoms with Gasteiger partial charge < -0.3 is 10.1 Å². The summed E-state index contributed by atoms with van der Waals surface area (Å²) in [6.45, 7) is 5.70. The predicted molar refractivity (Wildman–Crippen MR) is 98.5 cm³/mol.